The Morgan fingerprint density at radius 3 is 2.53 bits per heavy atom. The molecule has 4 atom stereocenters. The Morgan fingerprint density at radius 1 is 1.21 bits per heavy atom. The van der Waals surface area contributed by atoms with E-state index in [9.17, 15) is 10.2 Å². The number of aliphatic hydroxyl groups is 2. The summed E-state index contributed by atoms with van der Waals surface area (Å²) in [4.78, 5) is 0. The van der Waals surface area contributed by atoms with Crippen molar-refractivity contribution < 1.29 is 19.7 Å². The van der Waals surface area contributed by atoms with Gasteiger partial charge in [0.1, 0.15) is 0 Å². The van der Waals surface area contributed by atoms with E-state index in [1.807, 2.05) is 0 Å². The summed E-state index contributed by atoms with van der Waals surface area (Å²) in [5.74, 6) is 0.00518. The lowest BCUT2D eigenvalue weighted by Gasteiger charge is -2.21. The van der Waals surface area contributed by atoms with Gasteiger partial charge in [0.2, 0.25) is 0 Å². The van der Waals surface area contributed by atoms with Crippen molar-refractivity contribution in [1.82, 2.24) is 0 Å². The van der Waals surface area contributed by atoms with Gasteiger partial charge in [-0.3, -0.25) is 0 Å². The van der Waals surface area contributed by atoms with E-state index in [4.69, 9.17) is 9.47 Å². The second-order valence-electron chi connectivity index (χ2n) is 5.55. The van der Waals surface area contributed by atoms with Crippen LogP contribution in [-0.2, 0) is 9.47 Å². The van der Waals surface area contributed by atoms with Crippen LogP contribution in [-0.4, -0.2) is 42.4 Å². The minimum Gasteiger partial charge on any atom is -0.394 e. The molecule has 0 spiro atoms. The minimum absolute atomic E-state index is 0.00518. The fraction of sp³-hybridized carbons (Fsp3) is 1.00. The van der Waals surface area contributed by atoms with Gasteiger partial charge in [0.15, 0.2) is 6.29 Å². The van der Waals surface area contributed by atoms with E-state index in [2.05, 4.69) is 6.92 Å². The summed E-state index contributed by atoms with van der Waals surface area (Å²) < 4.78 is 10.7. The maximum atomic E-state index is 10.2. The molecule has 1 aliphatic rings. The summed E-state index contributed by atoms with van der Waals surface area (Å²) in [7, 11) is 1.60. The van der Waals surface area contributed by atoms with E-state index in [0.717, 1.165) is 12.8 Å². The molecule has 0 bridgehead atoms. The van der Waals surface area contributed by atoms with Crippen molar-refractivity contribution in [2.75, 3.05) is 13.7 Å². The summed E-state index contributed by atoms with van der Waals surface area (Å²) >= 11 is 0. The molecule has 4 heteroatoms. The largest absolute Gasteiger partial charge is 0.394 e. The Balaban J connectivity index is 2.19. The fourth-order valence-corrected chi connectivity index (χ4v) is 2.81. The molecule has 1 saturated heterocycles. The molecule has 0 aromatic carbocycles. The number of ether oxygens (including phenoxy) is 2. The van der Waals surface area contributed by atoms with Crippen molar-refractivity contribution in [3.8, 4) is 0 Å². The van der Waals surface area contributed by atoms with Crippen molar-refractivity contribution >= 4 is 0 Å². The molecule has 0 radical (unpaired) electrons. The Bertz CT molecular complexity index is 222. The molecule has 0 saturated carbocycles. The van der Waals surface area contributed by atoms with Gasteiger partial charge in [-0.1, -0.05) is 45.4 Å². The molecule has 19 heavy (non-hydrogen) atoms. The van der Waals surface area contributed by atoms with E-state index < -0.39 is 0 Å². The zero-order valence-electron chi connectivity index (χ0n) is 12.4. The van der Waals surface area contributed by atoms with Crippen molar-refractivity contribution in [3.63, 3.8) is 0 Å². The van der Waals surface area contributed by atoms with Gasteiger partial charge in [-0.15, -0.1) is 0 Å². The molecule has 0 aliphatic carbocycles. The number of methoxy groups -OCH3 is 1. The third-order valence-electron chi connectivity index (χ3n) is 4.06. The first-order valence-electron chi connectivity index (χ1n) is 7.70. The van der Waals surface area contributed by atoms with Gasteiger partial charge >= 0.3 is 0 Å². The number of unbranched alkanes of at least 4 members (excludes halogenated alkanes) is 5. The molecule has 1 heterocycles. The third-order valence-corrected chi connectivity index (χ3v) is 4.06. The highest BCUT2D eigenvalue weighted by molar-refractivity contribution is 4.83. The van der Waals surface area contributed by atoms with Gasteiger partial charge < -0.3 is 19.7 Å². The van der Waals surface area contributed by atoms with Crippen molar-refractivity contribution in [1.29, 1.82) is 0 Å². The van der Waals surface area contributed by atoms with Gasteiger partial charge in [-0.25, -0.2) is 0 Å². The molecular formula is C15H30O4. The van der Waals surface area contributed by atoms with Crippen LogP contribution >= 0.6 is 0 Å². The zero-order chi connectivity index (χ0) is 14.1. The van der Waals surface area contributed by atoms with Crippen molar-refractivity contribution in [2.45, 2.75) is 76.8 Å². The lowest BCUT2D eigenvalue weighted by Crippen LogP contribution is -2.30. The molecule has 0 aromatic heterocycles. The Hall–Kier alpha value is -0.160. The predicted octanol–water partition coefficient (Wildman–Crippen LogP) is 2.47. The molecule has 0 aromatic rings. The Kier molecular flexibility index (Phi) is 8.62. The van der Waals surface area contributed by atoms with Crippen molar-refractivity contribution in [3.05, 3.63) is 0 Å². The van der Waals surface area contributed by atoms with Crippen LogP contribution in [0.3, 0.4) is 0 Å². The summed E-state index contributed by atoms with van der Waals surface area (Å²) in [6.45, 7) is 2.17. The summed E-state index contributed by atoms with van der Waals surface area (Å²) in [5.41, 5.74) is 0. The lowest BCUT2D eigenvalue weighted by molar-refractivity contribution is -0.126. The molecule has 1 rings (SSSR count). The van der Waals surface area contributed by atoms with Crippen LogP contribution in [0.15, 0.2) is 0 Å². The van der Waals surface area contributed by atoms with Crippen LogP contribution < -0.4 is 0 Å². The van der Waals surface area contributed by atoms with Gasteiger partial charge in [0.05, 0.1) is 18.8 Å². The average Bonchev–Trinajstić information content (AvgIpc) is 2.86. The van der Waals surface area contributed by atoms with Gasteiger partial charge in [0, 0.05) is 19.4 Å². The molecule has 4 nitrogen and oxygen atoms in total. The smallest absolute Gasteiger partial charge is 0.158 e. The van der Waals surface area contributed by atoms with E-state index in [-0.39, 0.29) is 31.0 Å². The molecule has 0 amide bonds. The molecule has 1 unspecified atom stereocenters. The summed E-state index contributed by atoms with van der Waals surface area (Å²) in [6.07, 6.45) is 7.89. The molecule has 1 fully saturated rings. The number of rotatable bonds is 10. The minimum atomic E-state index is -0.386. The zero-order valence-corrected chi connectivity index (χ0v) is 12.4. The van der Waals surface area contributed by atoms with Crippen LogP contribution in [0, 0.1) is 5.92 Å². The van der Waals surface area contributed by atoms with E-state index in [0.29, 0.717) is 6.42 Å². The first kappa shape index (κ1) is 16.9. The van der Waals surface area contributed by atoms with E-state index in [1.165, 1.54) is 32.1 Å². The SMILES string of the molecule is CCCCCCCCC(O)[C@@H]1C[C@@H](OC)O[C@@H]1CO. The van der Waals surface area contributed by atoms with Crippen LogP contribution in [0.4, 0.5) is 0 Å². The van der Waals surface area contributed by atoms with Gasteiger partial charge in [-0.2, -0.15) is 0 Å². The summed E-state index contributed by atoms with van der Waals surface area (Å²) in [5, 5.41) is 19.5. The second-order valence-corrected chi connectivity index (χ2v) is 5.55. The third kappa shape index (κ3) is 5.78. The lowest BCUT2D eigenvalue weighted by atomic mass is 9.91. The second kappa shape index (κ2) is 9.70. The fourth-order valence-electron chi connectivity index (χ4n) is 2.81. The van der Waals surface area contributed by atoms with E-state index in [1.54, 1.807) is 7.11 Å². The monoisotopic (exact) mass is 274 g/mol. The highest BCUT2D eigenvalue weighted by Gasteiger charge is 2.38. The normalized spacial score (nSPS) is 28.7. The van der Waals surface area contributed by atoms with Gasteiger partial charge in [-0.05, 0) is 6.42 Å². The first-order chi connectivity index (χ1) is 9.22. The van der Waals surface area contributed by atoms with Gasteiger partial charge in [0.25, 0.3) is 0 Å². The van der Waals surface area contributed by atoms with Crippen LogP contribution in [0.2, 0.25) is 0 Å². The molecule has 2 N–H and O–H groups in total. The highest BCUT2D eigenvalue weighted by atomic mass is 16.7. The van der Waals surface area contributed by atoms with E-state index >= 15 is 0 Å². The topological polar surface area (TPSA) is 58.9 Å². The Labute approximate surface area is 117 Å². The number of aliphatic hydroxyl groups excluding tert-OH is 2. The highest BCUT2D eigenvalue weighted by Crippen LogP contribution is 2.31. The summed E-state index contributed by atoms with van der Waals surface area (Å²) in [6, 6.07) is 0. The van der Waals surface area contributed by atoms with Crippen LogP contribution in [0.5, 0.6) is 0 Å². The predicted molar refractivity (Wildman–Crippen MR) is 74.9 cm³/mol. The first-order valence-corrected chi connectivity index (χ1v) is 7.70. The maximum Gasteiger partial charge on any atom is 0.158 e. The molecule has 1 aliphatic heterocycles. The maximum absolute atomic E-state index is 10.2. The quantitative estimate of drug-likeness (QED) is 0.601. The van der Waals surface area contributed by atoms with Crippen molar-refractivity contribution in [2.24, 2.45) is 5.92 Å². The van der Waals surface area contributed by atoms with Crippen LogP contribution in [0.25, 0.3) is 0 Å². The standard InChI is InChI=1S/C15H30O4/c1-3-4-5-6-7-8-9-13(17)12-10-15(18-2)19-14(12)11-16/h12-17H,3-11H2,1-2H3/t12-,13?,14+,15-/m0/s1. The van der Waals surface area contributed by atoms with Crippen LogP contribution in [0.1, 0.15) is 58.3 Å². The molecular weight excluding hydrogens is 244 g/mol. The number of hydrogen-bond acceptors (Lipinski definition) is 4. The number of hydrogen-bond donors (Lipinski definition) is 2. The Morgan fingerprint density at radius 2 is 1.89 bits per heavy atom. The molecule has 114 valence electrons. The average molecular weight is 274 g/mol.